The molecule has 144 valence electrons. The van der Waals surface area contributed by atoms with Gasteiger partial charge >= 0.3 is 0 Å². The molecule has 2 N–H and O–H groups in total. The summed E-state index contributed by atoms with van der Waals surface area (Å²) in [6, 6.07) is 5.27. The smallest absolute Gasteiger partial charge is 0.150 e. The minimum Gasteiger partial charge on any atom is -0.394 e. The fourth-order valence-corrected chi connectivity index (χ4v) is 3.38. The van der Waals surface area contributed by atoms with Gasteiger partial charge in [0, 0.05) is 36.9 Å². The molecule has 1 unspecified atom stereocenters. The molecule has 1 aromatic carbocycles. The first-order chi connectivity index (χ1) is 12.8. The number of carbonyl (C=O) groups is 1. The molecule has 7 heteroatoms. The third-order valence-corrected chi connectivity index (χ3v) is 4.96. The highest BCUT2D eigenvalue weighted by Crippen LogP contribution is 2.40. The maximum Gasteiger partial charge on any atom is 0.150 e. The average molecular weight is 411 g/mol. The highest BCUT2D eigenvalue weighted by Gasteiger charge is 2.42. The summed E-state index contributed by atoms with van der Waals surface area (Å²) in [5, 5.41) is 6.14. The number of carbonyl (C=O) groups excluding carboxylic acids is 1. The van der Waals surface area contributed by atoms with Gasteiger partial charge in [0.25, 0.3) is 0 Å². The van der Waals surface area contributed by atoms with Gasteiger partial charge in [0.05, 0.1) is 22.2 Å². The second-order valence-corrected chi connectivity index (χ2v) is 6.93. The summed E-state index contributed by atoms with van der Waals surface area (Å²) in [7, 11) is 1.77. The van der Waals surface area contributed by atoms with Crippen LogP contribution in [0, 0.1) is 0 Å². The predicted octanol–water partition coefficient (Wildman–Crippen LogP) is 4.99. The Morgan fingerprint density at radius 2 is 2.07 bits per heavy atom. The van der Waals surface area contributed by atoms with Gasteiger partial charge in [0.2, 0.25) is 0 Å². The third kappa shape index (κ3) is 4.80. The van der Waals surface area contributed by atoms with Crippen molar-refractivity contribution in [2.45, 2.75) is 12.0 Å². The number of aldehydes is 1. The number of anilines is 1. The first kappa shape index (κ1) is 21.2. The van der Waals surface area contributed by atoms with Crippen LogP contribution in [0.4, 0.5) is 10.1 Å². The number of halogens is 3. The molecule has 27 heavy (non-hydrogen) atoms. The van der Waals surface area contributed by atoms with Crippen LogP contribution in [0.2, 0.25) is 0 Å². The van der Waals surface area contributed by atoms with E-state index >= 15 is 0 Å². The lowest BCUT2D eigenvalue weighted by molar-refractivity contribution is 0.112. The Hall–Kier alpha value is -2.08. The van der Waals surface area contributed by atoms with Gasteiger partial charge < -0.3 is 15.4 Å². The van der Waals surface area contributed by atoms with E-state index in [-0.39, 0.29) is 22.2 Å². The number of rotatable bonds is 8. The Morgan fingerprint density at radius 3 is 2.59 bits per heavy atom. The van der Waals surface area contributed by atoms with Crippen molar-refractivity contribution in [3.8, 4) is 0 Å². The molecule has 2 rings (SSSR count). The summed E-state index contributed by atoms with van der Waals surface area (Å²) in [6.07, 6.45) is 4.72. The van der Waals surface area contributed by atoms with E-state index in [0.717, 1.165) is 11.8 Å². The van der Waals surface area contributed by atoms with Crippen molar-refractivity contribution in [2.75, 3.05) is 25.6 Å². The summed E-state index contributed by atoms with van der Waals surface area (Å²) in [6.45, 7) is 7.55. The number of nitrogens with one attached hydrogen (secondary N) is 2. The molecule has 1 heterocycles. The molecular weight excluding hydrogens is 390 g/mol. The van der Waals surface area contributed by atoms with Gasteiger partial charge in [-0.15, -0.1) is 0 Å². The van der Waals surface area contributed by atoms with Crippen LogP contribution in [0.5, 0.6) is 0 Å². The van der Waals surface area contributed by atoms with Crippen LogP contribution < -0.4 is 10.6 Å². The predicted molar refractivity (Wildman–Crippen MR) is 110 cm³/mol. The van der Waals surface area contributed by atoms with Crippen LogP contribution in [-0.4, -0.2) is 32.1 Å². The minimum absolute atomic E-state index is 0.00801. The lowest BCUT2D eigenvalue weighted by Gasteiger charge is -2.33. The van der Waals surface area contributed by atoms with Gasteiger partial charge in [0.1, 0.15) is 5.83 Å². The van der Waals surface area contributed by atoms with Crippen LogP contribution in [-0.2, 0) is 4.74 Å². The van der Waals surface area contributed by atoms with Gasteiger partial charge in [-0.1, -0.05) is 42.4 Å². The highest BCUT2D eigenvalue weighted by molar-refractivity contribution is 6.44. The minimum atomic E-state index is -0.969. The van der Waals surface area contributed by atoms with Crippen LogP contribution in [0.1, 0.15) is 22.3 Å². The Morgan fingerprint density at radius 1 is 1.33 bits per heavy atom. The molecule has 1 aromatic rings. The zero-order valence-corrected chi connectivity index (χ0v) is 16.5. The molecule has 1 atom stereocenters. The molecule has 0 amide bonds. The van der Waals surface area contributed by atoms with Crippen molar-refractivity contribution in [2.24, 2.45) is 0 Å². The average Bonchev–Trinajstić information content (AvgIpc) is 3.08. The van der Waals surface area contributed by atoms with Crippen molar-refractivity contribution >= 4 is 41.3 Å². The second kappa shape index (κ2) is 9.22. The van der Waals surface area contributed by atoms with Gasteiger partial charge in [-0.25, -0.2) is 4.39 Å². The van der Waals surface area contributed by atoms with E-state index in [0.29, 0.717) is 24.3 Å². The zero-order chi connectivity index (χ0) is 20.0. The highest BCUT2D eigenvalue weighted by atomic mass is 35.5. The van der Waals surface area contributed by atoms with E-state index in [4.69, 9.17) is 27.9 Å². The topological polar surface area (TPSA) is 50.4 Å². The maximum absolute atomic E-state index is 14.3. The molecule has 1 saturated heterocycles. The molecule has 0 aliphatic carbocycles. The van der Waals surface area contributed by atoms with Crippen molar-refractivity contribution in [1.29, 1.82) is 0 Å². The fraction of sp³-hybridized carbons (Fsp3) is 0.250. The molecular formula is C20H21Cl2FN2O2. The molecule has 1 aliphatic rings. The molecule has 4 nitrogen and oxygen atoms in total. The number of hydrogen-bond acceptors (Lipinski definition) is 4. The van der Waals surface area contributed by atoms with Gasteiger partial charge in [-0.05, 0) is 30.0 Å². The van der Waals surface area contributed by atoms with Gasteiger partial charge in [-0.2, -0.15) is 0 Å². The molecule has 1 fully saturated rings. The van der Waals surface area contributed by atoms with Gasteiger partial charge in [0.15, 0.2) is 6.29 Å². The van der Waals surface area contributed by atoms with Crippen molar-refractivity contribution in [3.05, 3.63) is 70.1 Å². The largest absolute Gasteiger partial charge is 0.394 e. The first-order valence-electron chi connectivity index (χ1n) is 8.23. The molecule has 0 radical (unpaired) electrons. The zero-order valence-electron chi connectivity index (χ0n) is 15.0. The summed E-state index contributed by atoms with van der Waals surface area (Å²) in [4.78, 5) is 11.5. The lowest BCUT2D eigenvalue weighted by atomic mass is 9.86. The quantitative estimate of drug-likeness (QED) is 0.468. The summed E-state index contributed by atoms with van der Waals surface area (Å²) >= 11 is 12.1. The second-order valence-electron chi connectivity index (χ2n) is 6.09. The van der Waals surface area contributed by atoms with E-state index in [1.165, 1.54) is 0 Å². The van der Waals surface area contributed by atoms with Gasteiger partial charge in [-0.3, -0.25) is 4.79 Å². The Bertz CT molecular complexity index is 812. The van der Waals surface area contributed by atoms with E-state index in [1.807, 2.05) is 0 Å². The van der Waals surface area contributed by atoms with E-state index in [9.17, 15) is 9.18 Å². The number of allylic oxidation sites excluding steroid dienone is 2. The van der Waals surface area contributed by atoms with E-state index in [1.54, 1.807) is 37.5 Å². The Balaban J connectivity index is 2.49. The fourth-order valence-electron chi connectivity index (χ4n) is 3.00. The standard InChI is InChI=1S/C20H21Cl2FN2O2/c1-13(21)19(22)18(14(2)23)20(7-9-27-12-20)25-17-5-4-15(6-8-24-3)16(10-17)11-26/h4-6,8,10-11,24-25H,1-2,7,9,12H2,3H3/b8-6-,19-18-. The van der Waals surface area contributed by atoms with Crippen LogP contribution in [0.15, 0.2) is 59.0 Å². The lowest BCUT2D eigenvalue weighted by Crippen LogP contribution is -2.42. The van der Waals surface area contributed by atoms with Crippen molar-refractivity contribution in [3.63, 3.8) is 0 Å². The molecule has 0 bridgehead atoms. The summed E-state index contributed by atoms with van der Waals surface area (Å²) in [5.74, 6) is -0.719. The third-order valence-electron chi connectivity index (χ3n) is 4.26. The van der Waals surface area contributed by atoms with Crippen molar-refractivity contribution in [1.82, 2.24) is 5.32 Å². The summed E-state index contributed by atoms with van der Waals surface area (Å²) < 4.78 is 19.8. The number of benzene rings is 1. The number of ether oxygens (including phenoxy) is 1. The summed E-state index contributed by atoms with van der Waals surface area (Å²) in [5.41, 5.74) is 0.988. The molecule has 0 spiro atoms. The van der Waals surface area contributed by atoms with E-state index < -0.39 is 11.4 Å². The first-order valence-corrected chi connectivity index (χ1v) is 8.99. The monoisotopic (exact) mass is 410 g/mol. The van der Waals surface area contributed by atoms with Crippen LogP contribution >= 0.6 is 23.2 Å². The normalized spacial score (nSPS) is 20.3. The Kier molecular flexibility index (Phi) is 7.25. The molecule has 0 saturated carbocycles. The molecule has 1 aliphatic heterocycles. The maximum atomic E-state index is 14.3. The Labute approximate surface area is 168 Å². The van der Waals surface area contributed by atoms with Crippen LogP contribution in [0.3, 0.4) is 0 Å². The van der Waals surface area contributed by atoms with Crippen LogP contribution in [0.25, 0.3) is 6.08 Å². The molecule has 0 aromatic heterocycles. The van der Waals surface area contributed by atoms with E-state index in [2.05, 4.69) is 23.8 Å². The SMILES string of the molecule is C=C(Cl)/C(Cl)=C(\C(=C)F)C1(Nc2ccc(/C=C\NC)c(C=O)c2)CCOC1. The number of hydrogen-bond donors (Lipinski definition) is 2. The van der Waals surface area contributed by atoms with Crippen molar-refractivity contribution < 1.29 is 13.9 Å².